The molecule has 0 spiro atoms. The second kappa shape index (κ2) is 8.73. The Bertz CT molecular complexity index is 1160. The van der Waals surface area contributed by atoms with Gasteiger partial charge in [-0.05, 0) is 66.8 Å². The monoisotopic (exact) mass is 454 g/mol. The number of hydrogen-bond acceptors (Lipinski definition) is 3. The molecule has 0 saturated heterocycles. The highest BCUT2D eigenvalue weighted by molar-refractivity contribution is 7.92. The number of carbonyl (C=O) groups is 1. The number of anilines is 1. The van der Waals surface area contributed by atoms with Crippen LogP contribution in [0.2, 0.25) is 5.02 Å². The van der Waals surface area contributed by atoms with Crippen LogP contribution < -0.4 is 10.0 Å². The first-order chi connectivity index (χ1) is 14.9. The quantitative estimate of drug-likeness (QED) is 0.525. The smallest absolute Gasteiger partial charge is 0.261 e. The van der Waals surface area contributed by atoms with Gasteiger partial charge in [-0.2, -0.15) is 0 Å². The first-order valence-corrected chi connectivity index (χ1v) is 12.0. The lowest BCUT2D eigenvalue weighted by molar-refractivity contribution is -0.123. The predicted octanol–water partition coefficient (Wildman–Crippen LogP) is 4.53. The molecule has 5 nitrogen and oxygen atoms in total. The maximum absolute atomic E-state index is 12.8. The third-order valence-electron chi connectivity index (χ3n) is 5.54. The Hall–Kier alpha value is -2.83. The Labute approximate surface area is 187 Å². The third kappa shape index (κ3) is 4.92. The lowest BCUT2D eigenvalue weighted by atomic mass is 9.94. The van der Waals surface area contributed by atoms with Crippen LogP contribution in [0.3, 0.4) is 0 Å². The summed E-state index contributed by atoms with van der Waals surface area (Å²) in [7, 11) is -3.71. The van der Waals surface area contributed by atoms with Crippen molar-refractivity contribution in [3.63, 3.8) is 0 Å². The molecular weight excluding hydrogens is 432 g/mol. The van der Waals surface area contributed by atoms with Gasteiger partial charge in [0, 0.05) is 17.3 Å². The summed E-state index contributed by atoms with van der Waals surface area (Å²) in [5, 5.41) is 3.52. The lowest BCUT2D eigenvalue weighted by Crippen LogP contribution is -2.35. The average Bonchev–Trinajstić information content (AvgIpc) is 3.57. The Morgan fingerprint density at radius 2 is 1.55 bits per heavy atom. The van der Waals surface area contributed by atoms with E-state index in [0.717, 1.165) is 24.8 Å². The highest BCUT2D eigenvalue weighted by Gasteiger charge is 2.51. The fourth-order valence-electron chi connectivity index (χ4n) is 3.59. The lowest BCUT2D eigenvalue weighted by Gasteiger charge is -2.17. The number of rotatable bonds is 8. The Morgan fingerprint density at radius 1 is 0.903 bits per heavy atom. The van der Waals surface area contributed by atoms with Crippen molar-refractivity contribution in [2.24, 2.45) is 0 Å². The normalized spacial score (nSPS) is 14.6. The van der Waals surface area contributed by atoms with Crippen LogP contribution in [0.15, 0.2) is 83.8 Å². The molecule has 7 heteroatoms. The van der Waals surface area contributed by atoms with E-state index >= 15 is 0 Å². The summed E-state index contributed by atoms with van der Waals surface area (Å²) in [4.78, 5) is 12.9. The molecule has 1 aliphatic carbocycles. The Balaban J connectivity index is 1.39. The van der Waals surface area contributed by atoms with Crippen molar-refractivity contribution in [2.75, 3.05) is 11.3 Å². The van der Waals surface area contributed by atoms with E-state index in [1.165, 1.54) is 29.8 Å². The molecule has 1 amide bonds. The number of benzene rings is 3. The standard InChI is InChI=1S/C24H23ClN2O3S/c25-20-8-12-22(13-9-20)31(29,30)27-21-10-6-19(7-11-21)24(15-16-24)23(28)26-17-14-18-4-2-1-3-5-18/h1-13,27H,14-17H2,(H,26,28). The van der Waals surface area contributed by atoms with E-state index in [2.05, 4.69) is 10.0 Å². The number of hydrogen-bond donors (Lipinski definition) is 2. The van der Waals surface area contributed by atoms with Gasteiger partial charge in [-0.25, -0.2) is 8.42 Å². The molecule has 0 aromatic heterocycles. The van der Waals surface area contributed by atoms with Crippen molar-refractivity contribution >= 4 is 33.2 Å². The van der Waals surface area contributed by atoms with E-state index in [4.69, 9.17) is 11.6 Å². The highest BCUT2D eigenvalue weighted by atomic mass is 35.5. The number of halogens is 1. The molecule has 0 heterocycles. The van der Waals surface area contributed by atoms with E-state index < -0.39 is 15.4 Å². The van der Waals surface area contributed by atoms with Gasteiger partial charge in [-0.15, -0.1) is 0 Å². The first kappa shape index (κ1) is 21.4. The maximum atomic E-state index is 12.8. The topological polar surface area (TPSA) is 75.3 Å². The largest absolute Gasteiger partial charge is 0.355 e. The third-order valence-corrected chi connectivity index (χ3v) is 7.19. The SMILES string of the molecule is O=C(NCCc1ccccc1)C1(c2ccc(NS(=O)(=O)c3ccc(Cl)cc3)cc2)CC1. The summed E-state index contributed by atoms with van der Waals surface area (Å²) < 4.78 is 27.6. The predicted molar refractivity (Wildman–Crippen MR) is 123 cm³/mol. The van der Waals surface area contributed by atoms with Crippen molar-refractivity contribution in [3.05, 3.63) is 95.0 Å². The molecule has 0 unspecified atom stereocenters. The molecule has 1 aliphatic rings. The number of carbonyl (C=O) groups excluding carboxylic acids is 1. The molecule has 31 heavy (non-hydrogen) atoms. The fourth-order valence-corrected chi connectivity index (χ4v) is 4.78. The molecule has 1 fully saturated rings. The number of amides is 1. The van der Waals surface area contributed by atoms with E-state index in [1.54, 1.807) is 12.1 Å². The van der Waals surface area contributed by atoms with E-state index in [1.807, 2.05) is 42.5 Å². The van der Waals surface area contributed by atoms with Crippen molar-refractivity contribution in [2.45, 2.75) is 29.6 Å². The van der Waals surface area contributed by atoms with Crippen LogP contribution in [0.25, 0.3) is 0 Å². The Morgan fingerprint density at radius 3 is 2.16 bits per heavy atom. The van der Waals surface area contributed by atoms with Gasteiger partial charge >= 0.3 is 0 Å². The zero-order chi connectivity index (χ0) is 21.9. The van der Waals surface area contributed by atoms with Gasteiger partial charge in [0.15, 0.2) is 0 Å². The zero-order valence-corrected chi connectivity index (χ0v) is 18.4. The highest BCUT2D eigenvalue weighted by Crippen LogP contribution is 2.48. The van der Waals surface area contributed by atoms with Crippen molar-refractivity contribution in [3.8, 4) is 0 Å². The molecule has 4 rings (SSSR count). The molecule has 3 aromatic carbocycles. The minimum absolute atomic E-state index is 0.0259. The summed E-state index contributed by atoms with van der Waals surface area (Å²) in [6, 6.07) is 23.1. The fraction of sp³-hybridized carbons (Fsp3) is 0.208. The summed E-state index contributed by atoms with van der Waals surface area (Å²) in [5.74, 6) is 0.0259. The summed E-state index contributed by atoms with van der Waals surface area (Å²) in [5.41, 5.74) is 2.02. The summed E-state index contributed by atoms with van der Waals surface area (Å²) >= 11 is 5.83. The van der Waals surface area contributed by atoms with Gasteiger partial charge < -0.3 is 5.32 Å². The molecule has 2 N–H and O–H groups in total. The minimum Gasteiger partial charge on any atom is -0.355 e. The first-order valence-electron chi connectivity index (χ1n) is 10.1. The summed E-state index contributed by atoms with van der Waals surface area (Å²) in [6.45, 7) is 0.587. The maximum Gasteiger partial charge on any atom is 0.261 e. The zero-order valence-electron chi connectivity index (χ0n) is 16.8. The minimum atomic E-state index is -3.71. The molecule has 3 aromatic rings. The second-order valence-corrected chi connectivity index (χ2v) is 9.83. The molecule has 1 saturated carbocycles. The molecule has 0 bridgehead atoms. The van der Waals surface area contributed by atoms with Gasteiger partial charge in [0.1, 0.15) is 0 Å². The van der Waals surface area contributed by atoms with E-state index in [-0.39, 0.29) is 10.8 Å². The van der Waals surface area contributed by atoms with Crippen LogP contribution in [0.1, 0.15) is 24.0 Å². The van der Waals surface area contributed by atoms with Gasteiger partial charge in [0.25, 0.3) is 10.0 Å². The average molecular weight is 455 g/mol. The molecule has 0 aliphatic heterocycles. The van der Waals surface area contributed by atoms with Crippen LogP contribution in [0.4, 0.5) is 5.69 Å². The van der Waals surface area contributed by atoms with Crippen LogP contribution >= 0.6 is 11.6 Å². The molecular formula is C24H23ClN2O3S. The van der Waals surface area contributed by atoms with Crippen molar-refractivity contribution < 1.29 is 13.2 Å². The van der Waals surface area contributed by atoms with Crippen molar-refractivity contribution in [1.82, 2.24) is 5.32 Å². The number of nitrogens with one attached hydrogen (secondary N) is 2. The molecule has 0 atom stereocenters. The van der Waals surface area contributed by atoms with Gasteiger partial charge in [-0.1, -0.05) is 54.1 Å². The number of sulfonamides is 1. The Kier molecular flexibility index (Phi) is 6.03. The van der Waals surface area contributed by atoms with E-state index in [9.17, 15) is 13.2 Å². The van der Waals surface area contributed by atoms with Crippen LogP contribution in [0, 0.1) is 0 Å². The van der Waals surface area contributed by atoms with Crippen LogP contribution in [-0.4, -0.2) is 20.9 Å². The van der Waals surface area contributed by atoms with Crippen LogP contribution in [-0.2, 0) is 26.7 Å². The van der Waals surface area contributed by atoms with E-state index in [0.29, 0.717) is 17.3 Å². The van der Waals surface area contributed by atoms with Gasteiger partial charge in [-0.3, -0.25) is 9.52 Å². The van der Waals surface area contributed by atoms with Gasteiger partial charge in [0.05, 0.1) is 10.3 Å². The van der Waals surface area contributed by atoms with Gasteiger partial charge in [0.2, 0.25) is 5.91 Å². The van der Waals surface area contributed by atoms with Crippen LogP contribution in [0.5, 0.6) is 0 Å². The molecule has 0 radical (unpaired) electrons. The van der Waals surface area contributed by atoms with Crippen molar-refractivity contribution in [1.29, 1.82) is 0 Å². The second-order valence-electron chi connectivity index (χ2n) is 7.71. The summed E-state index contributed by atoms with van der Waals surface area (Å²) in [6.07, 6.45) is 2.37. The molecule has 160 valence electrons.